The van der Waals surface area contributed by atoms with Crippen molar-refractivity contribution in [3.8, 4) is 6.07 Å². The number of hydrogen-bond donors (Lipinski definition) is 0. The van der Waals surface area contributed by atoms with E-state index in [4.69, 9.17) is 10.00 Å². The van der Waals surface area contributed by atoms with Gasteiger partial charge >= 0.3 is 6.09 Å². The van der Waals surface area contributed by atoms with Gasteiger partial charge in [0.15, 0.2) is 0 Å². The highest BCUT2D eigenvalue weighted by atomic mass is 16.6. The molecule has 0 radical (unpaired) electrons. The Morgan fingerprint density at radius 2 is 1.63 bits per heavy atom. The van der Waals surface area contributed by atoms with Crippen molar-refractivity contribution < 1.29 is 14.3 Å². The summed E-state index contributed by atoms with van der Waals surface area (Å²) in [7, 11) is 0. The molecule has 1 heterocycles. The summed E-state index contributed by atoms with van der Waals surface area (Å²) in [5, 5.41) is 8.72. The third-order valence-corrected chi connectivity index (χ3v) is 2.81. The van der Waals surface area contributed by atoms with Crippen LogP contribution in [0, 0.1) is 17.2 Å². The van der Waals surface area contributed by atoms with Crippen LogP contribution in [0.3, 0.4) is 0 Å². The van der Waals surface area contributed by atoms with Crippen molar-refractivity contribution in [3.63, 3.8) is 0 Å². The molecule has 0 aromatic heterocycles. The number of carbonyl (C=O) groups excluding carboxylic acids is 2. The van der Waals surface area contributed by atoms with Gasteiger partial charge in [-0.05, 0) is 27.7 Å². The number of amides is 2. The van der Waals surface area contributed by atoms with E-state index in [2.05, 4.69) is 0 Å². The van der Waals surface area contributed by atoms with Gasteiger partial charge in [-0.1, -0.05) is 0 Å². The maximum atomic E-state index is 11.8. The van der Waals surface area contributed by atoms with E-state index in [1.807, 2.05) is 26.8 Å². The zero-order valence-corrected chi connectivity index (χ0v) is 12.0. The molecule has 6 heteroatoms. The van der Waals surface area contributed by atoms with Crippen molar-refractivity contribution in [2.24, 2.45) is 5.92 Å². The molecule has 1 unspecified atom stereocenters. The van der Waals surface area contributed by atoms with E-state index < -0.39 is 11.5 Å². The quantitative estimate of drug-likeness (QED) is 0.716. The van der Waals surface area contributed by atoms with E-state index in [9.17, 15) is 9.59 Å². The summed E-state index contributed by atoms with van der Waals surface area (Å²) in [5.41, 5.74) is -0.515. The molecule has 1 atom stereocenters. The third-order valence-electron chi connectivity index (χ3n) is 2.81. The van der Waals surface area contributed by atoms with Gasteiger partial charge < -0.3 is 14.5 Å². The predicted molar refractivity (Wildman–Crippen MR) is 69.2 cm³/mol. The van der Waals surface area contributed by atoms with E-state index >= 15 is 0 Å². The van der Waals surface area contributed by atoms with Crippen LogP contribution in [0.15, 0.2) is 0 Å². The number of ether oxygens (including phenoxy) is 1. The SMILES string of the molecule is CC(C#N)C(=O)N1CCN(C(=O)OC(C)(C)C)CC1. The average Bonchev–Trinajstić information content (AvgIpc) is 2.35. The molecule has 0 aromatic rings. The van der Waals surface area contributed by atoms with Crippen LogP contribution in [0.4, 0.5) is 4.79 Å². The fraction of sp³-hybridized carbons (Fsp3) is 0.769. The minimum atomic E-state index is -0.631. The molecule has 106 valence electrons. The second-order valence-corrected chi connectivity index (χ2v) is 5.64. The lowest BCUT2D eigenvalue weighted by molar-refractivity contribution is -0.135. The molecule has 1 aliphatic heterocycles. The summed E-state index contributed by atoms with van der Waals surface area (Å²) in [5.74, 6) is -0.806. The summed E-state index contributed by atoms with van der Waals surface area (Å²) in [6.45, 7) is 8.83. The van der Waals surface area contributed by atoms with Gasteiger partial charge in [0.1, 0.15) is 11.5 Å². The smallest absolute Gasteiger partial charge is 0.410 e. The molecule has 0 spiro atoms. The molecule has 0 saturated carbocycles. The van der Waals surface area contributed by atoms with Gasteiger partial charge in [0.25, 0.3) is 0 Å². The van der Waals surface area contributed by atoms with Gasteiger partial charge in [-0.15, -0.1) is 0 Å². The second kappa shape index (κ2) is 5.91. The lowest BCUT2D eigenvalue weighted by Crippen LogP contribution is -2.52. The van der Waals surface area contributed by atoms with Crippen molar-refractivity contribution in [2.75, 3.05) is 26.2 Å². The number of carbonyl (C=O) groups is 2. The van der Waals surface area contributed by atoms with Crippen LogP contribution in [0.25, 0.3) is 0 Å². The molecule has 0 aromatic carbocycles. The average molecular weight is 267 g/mol. The summed E-state index contributed by atoms with van der Waals surface area (Å²) in [6, 6.07) is 1.93. The van der Waals surface area contributed by atoms with Crippen LogP contribution in [-0.4, -0.2) is 53.6 Å². The summed E-state index contributed by atoms with van der Waals surface area (Å²) >= 11 is 0. The molecule has 2 amide bonds. The van der Waals surface area contributed by atoms with Crippen molar-refractivity contribution in [1.29, 1.82) is 5.26 Å². The van der Waals surface area contributed by atoms with E-state index in [-0.39, 0.29) is 12.0 Å². The summed E-state index contributed by atoms with van der Waals surface area (Å²) < 4.78 is 5.27. The molecular weight excluding hydrogens is 246 g/mol. The Labute approximate surface area is 113 Å². The lowest BCUT2D eigenvalue weighted by atomic mass is 10.1. The zero-order valence-electron chi connectivity index (χ0n) is 12.0. The highest BCUT2D eigenvalue weighted by Crippen LogP contribution is 2.12. The molecular formula is C13H21N3O3. The predicted octanol–water partition coefficient (Wildman–Crippen LogP) is 1.23. The highest BCUT2D eigenvalue weighted by molar-refractivity contribution is 5.81. The van der Waals surface area contributed by atoms with Crippen molar-refractivity contribution in [2.45, 2.75) is 33.3 Å². The van der Waals surface area contributed by atoms with Gasteiger partial charge in [0.2, 0.25) is 5.91 Å². The molecule has 0 N–H and O–H groups in total. The first-order valence-corrected chi connectivity index (χ1v) is 6.41. The van der Waals surface area contributed by atoms with E-state index in [0.29, 0.717) is 26.2 Å². The maximum Gasteiger partial charge on any atom is 0.410 e. The fourth-order valence-corrected chi connectivity index (χ4v) is 1.76. The molecule has 19 heavy (non-hydrogen) atoms. The normalized spacial score (nSPS) is 17.6. The standard InChI is InChI=1S/C13H21N3O3/c1-10(9-14)11(17)15-5-7-16(8-6-15)12(18)19-13(2,3)4/h10H,5-8H2,1-4H3. The number of hydrogen-bond acceptors (Lipinski definition) is 4. The third kappa shape index (κ3) is 4.43. The summed E-state index contributed by atoms with van der Waals surface area (Å²) in [6.07, 6.45) is -0.354. The molecule has 1 aliphatic rings. The minimum absolute atomic E-state index is 0.175. The molecule has 0 aliphatic carbocycles. The van der Waals surface area contributed by atoms with Gasteiger partial charge in [-0.2, -0.15) is 5.26 Å². The lowest BCUT2D eigenvalue weighted by Gasteiger charge is -2.36. The Bertz CT molecular complexity index is 387. The van der Waals surface area contributed by atoms with Crippen LogP contribution < -0.4 is 0 Å². The minimum Gasteiger partial charge on any atom is -0.444 e. The van der Waals surface area contributed by atoms with Crippen LogP contribution in [-0.2, 0) is 9.53 Å². The van der Waals surface area contributed by atoms with Crippen LogP contribution >= 0.6 is 0 Å². The number of nitriles is 1. The Kier molecular flexibility index (Phi) is 4.76. The molecule has 1 saturated heterocycles. The first kappa shape index (κ1) is 15.3. The maximum absolute atomic E-state index is 11.8. The van der Waals surface area contributed by atoms with Gasteiger partial charge in [0.05, 0.1) is 6.07 Å². The van der Waals surface area contributed by atoms with Crippen LogP contribution in [0.2, 0.25) is 0 Å². The molecule has 6 nitrogen and oxygen atoms in total. The Morgan fingerprint density at radius 3 is 2.05 bits per heavy atom. The second-order valence-electron chi connectivity index (χ2n) is 5.64. The van der Waals surface area contributed by atoms with E-state index in [0.717, 1.165) is 0 Å². The van der Waals surface area contributed by atoms with Crippen LogP contribution in [0.5, 0.6) is 0 Å². The van der Waals surface area contributed by atoms with Gasteiger partial charge in [-0.25, -0.2) is 4.79 Å². The van der Waals surface area contributed by atoms with Crippen molar-refractivity contribution >= 4 is 12.0 Å². The largest absolute Gasteiger partial charge is 0.444 e. The highest BCUT2D eigenvalue weighted by Gasteiger charge is 2.29. The van der Waals surface area contributed by atoms with Crippen molar-refractivity contribution in [3.05, 3.63) is 0 Å². The number of nitrogens with zero attached hydrogens (tertiary/aromatic N) is 3. The van der Waals surface area contributed by atoms with Crippen LogP contribution in [0.1, 0.15) is 27.7 Å². The van der Waals surface area contributed by atoms with Gasteiger partial charge in [-0.3, -0.25) is 4.79 Å². The van der Waals surface area contributed by atoms with E-state index in [1.54, 1.807) is 16.7 Å². The topological polar surface area (TPSA) is 73.6 Å². The number of rotatable bonds is 1. The molecule has 1 fully saturated rings. The van der Waals surface area contributed by atoms with E-state index in [1.165, 1.54) is 0 Å². The first-order valence-electron chi connectivity index (χ1n) is 6.41. The Hall–Kier alpha value is -1.77. The Balaban J connectivity index is 2.48. The van der Waals surface area contributed by atoms with Crippen molar-refractivity contribution in [1.82, 2.24) is 9.80 Å². The number of piperazine rings is 1. The zero-order chi connectivity index (χ0) is 14.6. The monoisotopic (exact) mass is 267 g/mol. The molecule has 0 bridgehead atoms. The fourth-order valence-electron chi connectivity index (χ4n) is 1.76. The molecule has 1 rings (SSSR count). The van der Waals surface area contributed by atoms with Gasteiger partial charge in [0, 0.05) is 26.2 Å². The Morgan fingerprint density at radius 1 is 1.16 bits per heavy atom. The summed E-state index contributed by atoms with van der Waals surface area (Å²) in [4.78, 5) is 26.8. The first-order chi connectivity index (χ1) is 8.74.